The van der Waals surface area contributed by atoms with Crippen molar-refractivity contribution in [2.24, 2.45) is 0 Å². The lowest BCUT2D eigenvalue weighted by Crippen LogP contribution is -2.48. The minimum Gasteiger partial charge on any atom is -0.506 e. The number of hydrogen-bond donors (Lipinski definition) is 13. The van der Waals surface area contributed by atoms with Crippen molar-refractivity contribution in [2.45, 2.75) is 12.0 Å². The van der Waals surface area contributed by atoms with Crippen LogP contribution >= 0.6 is 11.6 Å². The molecule has 0 aliphatic heterocycles. The third kappa shape index (κ3) is 5.58. The number of benzene rings is 3. The molecule has 0 amide bonds. The van der Waals surface area contributed by atoms with Crippen molar-refractivity contribution >= 4 is 23.3 Å². The fraction of sp³-hybridized carbons (Fsp3) is 0.208. The van der Waals surface area contributed by atoms with Gasteiger partial charge in [-0.25, -0.2) is 4.79 Å². The summed E-state index contributed by atoms with van der Waals surface area (Å²) in [6.45, 7) is -0.721. The van der Waals surface area contributed by atoms with Crippen LogP contribution in [0.3, 0.4) is 0 Å². The van der Waals surface area contributed by atoms with Gasteiger partial charge in [-0.2, -0.15) is 0 Å². The Hall–Kier alpha value is -4.54. The predicted octanol–water partition coefficient (Wildman–Crippen LogP) is 1.38. The van der Waals surface area contributed by atoms with Crippen LogP contribution in [0.15, 0.2) is 24.3 Å². The number of ether oxygens (including phenoxy) is 1. The van der Waals surface area contributed by atoms with E-state index in [1.165, 1.54) is 7.11 Å². The number of phenols is 8. The quantitative estimate of drug-likeness (QED) is 0.0910. The number of methoxy groups -OCH3 is 1. The topological polar surface area (TPSA) is 273 Å². The number of carboxylic acids is 1. The molecule has 40 heavy (non-hydrogen) atoms. The van der Waals surface area contributed by atoms with Crippen molar-refractivity contribution in [1.82, 2.24) is 5.32 Å². The summed E-state index contributed by atoms with van der Waals surface area (Å²) < 4.78 is 5.35. The summed E-state index contributed by atoms with van der Waals surface area (Å²) in [7, 11) is 1.40. The van der Waals surface area contributed by atoms with Gasteiger partial charge < -0.3 is 71.5 Å². The molecule has 0 aromatic heterocycles. The molecule has 0 saturated heterocycles. The number of rotatable bonds is 10. The summed E-state index contributed by atoms with van der Waals surface area (Å²) in [4.78, 5) is 11.5. The van der Waals surface area contributed by atoms with Crippen LogP contribution in [0.25, 0.3) is 11.1 Å². The molecular weight excluding hydrogens is 560 g/mol. The van der Waals surface area contributed by atoms with Crippen LogP contribution in [0.5, 0.6) is 46.0 Å². The zero-order valence-electron chi connectivity index (χ0n) is 20.4. The van der Waals surface area contributed by atoms with Gasteiger partial charge in [-0.1, -0.05) is 23.7 Å². The molecule has 0 saturated carbocycles. The van der Waals surface area contributed by atoms with E-state index in [0.717, 1.165) is 0 Å². The van der Waals surface area contributed by atoms with Crippen molar-refractivity contribution in [2.75, 3.05) is 25.5 Å². The molecule has 3 aromatic rings. The van der Waals surface area contributed by atoms with Gasteiger partial charge in [-0.05, 0) is 17.7 Å². The molecule has 0 aliphatic carbocycles. The Balaban J connectivity index is 1.99. The van der Waals surface area contributed by atoms with E-state index in [2.05, 4.69) is 5.32 Å². The molecule has 15 nitrogen and oxygen atoms in total. The van der Waals surface area contributed by atoms with E-state index in [1.807, 2.05) is 5.32 Å². The van der Waals surface area contributed by atoms with E-state index in [0.29, 0.717) is 10.6 Å². The highest BCUT2D eigenvalue weighted by atomic mass is 35.5. The zero-order chi connectivity index (χ0) is 30.1. The number of hydrogen-bond acceptors (Lipinski definition) is 14. The molecule has 0 bridgehead atoms. The number of anilines is 1. The highest BCUT2D eigenvalue weighted by molar-refractivity contribution is 6.30. The molecule has 1 atom stereocenters. The lowest BCUT2D eigenvalue weighted by molar-refractivity contribution is -0.132. The number of carboxylic acid groups (broad SMARTS) is 1. The molecule has 0 aliphatic rings. The minimum atomic E-state index is -3.00. The van der Waals surface area contributed by atoms with Gasteiger partial charge >= 0.3 is 5.97 Å². The second-order valence-corrected chi connectivity index (χ2v) is 8.88. The fourth-order valence-corrected chi connectivity index (χ4v) is 4.06. The van der Waals surface area contributed by atoms with Crippen LogP contribution < -0.4 is 10.6 Å². The number of aromatic carboxylic acids is 1. The Morgan fingerprint density at radius 1 is 0.875 bits per heavy atom. The summed E-state index contributed by atoms with van der Waals surface area (Å²) >= 11 is 5.98. The Bertz CT molecular complexity index is 1460. The average molecular weight is 585 g/mol. The van der Waals surface area contributed by atoms with E-state index in [1.54, 1.807) is 24.3 Å². The molecule has 0 spiro atoms. The first-order valence-corrected chi connectivity index (χ1v) is 11.5. The molecule has 13 N–H and O–H groups in total. The minimum absolute atomic E-state index is 0.00205. The summed E-state index contributed by atoms with van der Waals surface area (Å²) in [6, 6.07) is 6.66. The second-order valence-electron chi connectivity index (χ2n) is 8.45. The van der Waals surface area contributed by atoms with Gasteiger partial charge in [0.2, 0.25) is 11.5 Å². The van der Waals surface area contributed by atoms with Crippen LogP contribution in [0.1, 0.15) is 22.0 Å². The van der Waals surface area contributed by atoms with Crippen molar-refractivity contribution in [3.05, 3.63) is 40.4 Å². The SMILES string of the molecule is COC(CNCC(O)(O)Nc1c(O)c(O)c(O)c(-c2c(O)c(O)c(O)c(C(=O)O)c2O)c1O)c1cccc(Cl)c1. The summed E-state index contributed by atoms with van der Waals surface area (Å²) in [5.41, 5.74) is -4.15. The van der Waals surface area contributed by atoms with E-state index in [4.69, 9.17) is 16.3 Å². The van der Waals surface area contributed by atoms with Gasteiger partial charge in [0.1, 0.15) is 17.0 Å². The predicted molar refractivity (Wildman–Crippen MR) is 137 cm³/mol. The van der Waals surface area contributed by atoms with E-state index >= 15 is 0 Å². The van der Waals surface area contributed by atoms with Crippen LogP contribution in [-0.2, 0) is 4.74 Å². The van der Waals surface area contributed by atoms with Gasteiger partial charge in [0, 0.05) is 18.7 Å². The lowest BCUT2D eigenvalue weighted by atomic mass is 9.95. The third-order valence-electron chi connectivity index (χ3n) is 5.79. The molecule has 3 rings (SSSR count). The zero-order valence-corrected chi connectivity index (χ0v) is 21.2. The average Bonchev–Trinajstić information content (AvgIpc) is 2.88. The summed E-state index contributed by atoms with van der Waals surface area (Å²) in [5, 5.41) is 117. The molecule has 0 radical (unpaired) electrons. The maximum Gasteiger partial charge on any atom is 0.343 e. The number of phenolic OH excluding ortho intramolecular Hbond substituents is 6. The molecule has 1 unspecified atom stereocenters. The Kier molecular flexibility index (Phi) is 8.47. The molecule has 16 heteroatoms. The maximum atomic E-state index is 11.5. The summed E-state index contributed by atoms with van der Waals surface area (Å²) in [5.74, 6) is -16.4. The van der Waals surface area contributed by atoms with E-state index in [9.17, 15) is 61.0 Å². The van der Waals surface area contributed by atoms with Crippen LogP contribution in [0.4, 0.5) is 5.69 Å². The van der Waals surface area contributed by atoms with Gasteiger partial charge in [-0.3, -0.25) is 0 Å². The highest BCUT2D eigenvalue weighted by Crippen LogP contribution is 2.60. The number of carbonyl (C=O) groups is 1. The molecule has 0 heterocycles. The highest BCUT2D eigenvalue weighted by Gasteiger charge is 2.36. The first-order chi connectivity index (χ1) is 18.6. The van der Waals surface area contributed by atoms with Gasteiger partial charge in [0.05, 0.1) is 23.8 Å². The van der Waals surface area contributed by atoms with Crippen molar-refractivity contribution in [3.8, 4) is 57.1 Å². The maximum absolute atomic E-state index is 11.5. The number of nitrogens with one attached hydrogen (secondary N) is 2. The van der Waals surface area contributed by atoms with Crippen LogP contribution in [-0.4, -0.2) is 88.3 Å². The first kappa shape index (κ1) is 30.0. The summed E-state index contributed by atoms with van der Waals surface area (Å²) in [6.07, 6.45) is -0.600. The number of halogens is 1. The Morgan fingerprint density at radius 3 is 2.00 bits per heavy atom. The molecule has 0 fully saturated rings. The van der Waals surface area contributed by atoms with Gasteiger partial charge in [0.15, 0.2) is 28.7 Å². The normalized spacial score (nSPS) is 12.3. The molecule has 3 aromatic carbocycles. The van der Waals surface area contributed by atoms with Crippen LogP contribution in [0, 0.1) is 0 Å². The third-order valence-corrected chi connectivity index (χ3v) is 6.02. The number of aliphatic hydroxyl groups is 2. The van der Waals surface area contributed by atoms with Crippen molar-refractivity contribution in [1.29, 1.82) is 0 Å². The smallest absolute Gasteiger partial charge is 0.343 e. The van der Waals surface area contributed by atoms with Crippen molar-refractivity contribution in [3.63, 3.8) is 0 Å². The standard InChI is InChI=1S/C24H25ClN2O13/c1-40-10(8-3-2-4-9(25)5-8)6-26-7-24(38,39)27-14-16(29)12(18(31)22(35)20(14)33)11-15(28)13(23(36)37)19(32)21(34)17(11)30/h2-5,10,26-35,38-39H,6-7H2,1H3,(H,36,37). The van der Waals surface area contributed by atoms with E-state index in [-0.39, 0.29) is 6.54 Å². The lowest BCUT2D eigenvalue weighted by Gasteiger charge is -2.27. The van der Waals surface area contributed by atoms with Gasteiger partial charge in [0.25, 0.3) is 5.91 Å². The van der Waals surface area contributed by atoms with Crippen molar-refractivity contribution < 1.29 is 65.7 Å². The van der Waals surface area contributed by atoms with E-state index < -0.39 is 92.9 Å². The van der Waals surface area contributed by atoms with Gasteiger partial charge in [-0.15, -0.1) is 0 Å². The Labute approximate surface area is 229 Å². The first-order valence-electron chi connectivity index (χ1n) is 11.1. The fourth-order valence-electron chi connectivity index (χ4n) is 3.86. The van der Waals surface area contributed by atoms with Crippen LogP contribution in [0.2, 0.25) is 5.02 Å². The number of aromatic hydroxyl groups is 8. The second kappa shape index (κ2) is 11.3. The molecular formula is C24H25ClN2O13. The Morgan fingerprint density at radius 2 is 1.45 bits per heavy atom. The monoisotopic (exact) mass is 584 g/mol. The molecule has 216 valence electrons. The largest absolute Gasteiger partial charge is 0.506 e.